The van der Waals surface area contributed by atoms with Gasteiger partial charge in [0, 0.05) is 0 Å². The van der Waals surface area contributed by atoms with Gasteiger partial charge in [-0.25, -0.2) is 0 Å². The lowest BCUT2D eigenvalue weighted by molar-refractivity contribution is -0.123. The molecule has 0 spiro atoms. The van der Waals surface area contributed by atoms with Gasteiger partial charge in [0.25, 0.3) is 0 Å². The van der Waals surface area contributed by atoms with Crippen molar-refractivity contribution in [1.29, 1.82) is 0 Å². The molecule has 0 saturated heterocycles. The van der Waals surface area contributed by atoms with E-state index in [2.05, 4.69) is 5.32 Å². The van der Waals surface area contributed by atoms with Crippen molar-refractivity contribution in [3.8, 4) is 0 Å². The van der Waals surface area contributed by atoms with Crippen LogP contribution in [0.1, 0.15) is 11.1 Å². The fraction of sp³-hybridized carbons (Fsp3) is 0.417. The molecule has 1 unspecified atom stereocenters. The Kier molecular flexibility index (Phi) is 3.66. The Morgan fingerprint density at radius 1 is 1.53 bits per heavy atom. The third kappa shape index (κ3) is 2.29. The summed E-state index contributed by atoms with van der Waals surface area (Å²) < 4.78 is 5.43. The predicted octanol–water partition coefficient (Wildman–Crippen LogP) is 0.759. The van der Waals surface area contributed by atoms with E-state index in [4.69, 9.17) is 16.3 Å². The van der Waals surface area contributed by atoms with E-state index < -0.39 is 5.54 Å². The van der Waals surface area contributed by atoms with Gasteiger partial charge < -0.3 is 15.2 Å². The zero-order chi connectivity index (χ0) is 12.3. The maximum Gasteiger partial charge on any atom is 0.235 e. The summed E-state index contributed by atoms with van der Waals surface area (Å²) in [4.78, 5) is 11.4. The number of carbonyl (C=O) groups excluding carboxylic acids is 1. The lowest BCUT2D eigenvalue weighted by atomic mass is 9.86. The number of fused-ring (bicyclic) bond motifs is 1. The Morgan fingerprint density at radius 3 is 3.00 bits per heavy atom. The number of ether oxygens (including phenoxy) is 1. The Labute approximate surface area is 105 Å². The predicted molar refractivity (Wildman–Crippen MR) is 63.7 cm³/mol. The summed E-state index contributed by atoms with van der Waals surface area (Å²) in [6.45, 7) is 0.532. The lowest BCUT2D eigenvalue weighted by Crippen LogP contribution is -2.54. The van der Waals surface area contributed by atoms with Crippen LogP contribution in [0.3, 0.4) is 0 Å². The molecule has 5 heteroatoms. The molecular weight excluding hydrogens is 242 g/mol. The quantitative estimate of drug-likeness (QED) is 0.784. The number of hydrogen-bond acceptors (Lipinski definition) is 3. The molecule has 0 radical (unpaired) electrons. The number of carbonyl (C=O) groups is 1. The van der Waals surface area contributed by atoms with E-state index in [0.717, 1.165) is 11.1 Å². The van der Waals surface area contributed by atoms with Gasteiger partial charge in [-0.1, -0.05) is 24.3 Å². The number of aliphatic hydroxyl groups excluding tert-OH is 1. The first-order chi connectivity index (χ1) is 8.22. The average molecular weight is 256 g/mol. The molecule has 0 aliphatic carbocycles. The fourth-order valence-electron chi connectivity index (χ4n) is 2.10. The summed E-state index contributed by atoms with van der Waals surface area (Å²) in [6.07, 6.45) is 0. The standard InChI is InChI=1S/C12H14ClNO3/c13-5-11(16)14-12(7-15)8-17-6-9-3-1-2-4-10(9)12/h1-4,15H,5-8H2,(H,14,16). The van der Waals surface area contributed by atoms with Crippen molar-refractivity contribution < 1.29 is 14.6 Å². The summed E-state index contributed by atoms with van der Waals surface area (Å²) in [5.74, 6) is -0.454. The van der Waals surface area contributed by atoms with Gasteiger partial charge in [0.05, 0.1) is 19.8 Å². The number of nitrogens with one attached hydrogen (secondary N) is 1. The summed E-state index contributed by atoms with van der Waals surface area (Å²) in [5.41, 5.74) is 0.996. The van der Waals surface area contributed by atoms with E-state index >= 15 is 0 Å². The minimum atomic E-state index is -0.874. The molecule has 0 fully saturated rings. The molecule has 2 rings (SSSR count). The van der Waals surface area contributed by atoms with Gasteiger partial charge >= 0.3 is 0 Å². The van der Waals surface area contributed by atoms with Crippen LogP contribution in [0.2, 0.25) is 0 Å². The number of amides is 1. The molecule has 1 aromatic rings. The van der Waals surface area contributed by atoms with Gasteiger partial charge in [-0.3, -0.25) is 4.79 Å². The van der Waals surface area contributed by atoms with Crippen LogP contribution in [0.5, 0.6) is 0 Å². The zero-order valence-electron chi connectivity index (χ0n) is 9.28. The first-order valence-electron chi connectivity index (χ1n) is 5.36. The number of rotatable bonds is 3. The molecular formula is C12H14ClNO3. The van der Waals surface area contributed by atoms with Gasteiger partial charge in [0.1, 0.15) is 11.4 Å². The third-order valence-corrected chi connectivity index (χ3v) is 3.15. The van der Waals surface area contributed by atoms with E-state index in [1.54, 1.807) is 0 Å². The Hall–Kier alpha value is -1.10. The number of hydrogen-bond donors (Lipinski definition) is 2. The minimum absolute atomic E-state index is 0.135. The van der Waals surface area contributed by atoms with Gasteiger partial charge in [0.2, 0.25) is 5.91 Å². The summed E-state index contributed by atoms with van der Waals surface area (Å²) >= 11 is 5.48. The molecule has 92 valence electrons. The normalized spacial score (nSPS) is 22.9. The Bertz CT molecular complexity index is 424. The summed E-state index contributed by atoms with van der Waals surface area (Å²) in [6, 6.07) is 7.59. The molecule has 1 aromatic carbocycles. The van der Waals surface area contributed by atoms with Crippen LogP contribution in [0.15, 0.2) is 24.3 Å². The molecule has 0 aromatic heterocycles. The monoisotopic (exact) mass is 255 g/mol. The van der Waals surface area contributed by atoms with Crippen molar-refractivity contribution in [1.82, 2.24) is 5.32 Å². The second kappa shape index (κ2) is 5.04. The van der Waals surface area contributed by atoms with Gasteiger partial charge in [-0.05, 0) is 11.1 Å². The van der Waals surface area contributed by atoms with Crippen molar-refractivity contribution in [3.05, 3.63) is 35.4 Å². The Morgan fingerprint density at radius 2 is 2.29 bits per heavy atom. The molecule has 4 nitrogen and oxygen atoms in total. The molecule has 0 bridgehead atoms. The maximum absolute atomic E-state index is 11.4. The smallest absolute Gasteiger partial charge is 0.235 e. The first-order valence-corrected chi connectivity index (χ1v) is 5.89. The molecule has 1 atom stereocenters. The highest BCUT2D eigenvalue weighted by Gasteiger charge is 2.38. The summed E-state index contributed by atoms with van der Waals surface area (Å²) in [5, 5.41) is 12.3. The van der Waals surface area contributed by atoms with Crippen LogP contribution in [0.4, 0.5) is 0 Å². The second-order valence-corrected chi connectivity index (χ2v) is 4.34. The van der Waals surface area contributed by atoms with Crippen molar-refractivity contribution >= 4 is 17.5 Å². The van der Waals surface area contributed by atoms with Crippen LogP contribution in [-0.4, -0.2) is 30.1 Å². The topological polar surface area (TPSA) is 58.6 Å². The van der Waals surface area contributed by atoms with E-state index in [-0.39, 0.29) is 25.0 Å². The molecule has 1 heterocycles. The van der Waals surface area contributed by atoms with E-state index in [9.17, 15) is 9.90 Å². The van der Waals surface area contributed by atoms with Crippen molar-refractivity contribution in [2.75, 3.05) is 19.1 Å². The fourth-order valence-corrected chi connectivity index (χ4v) is 2.17. The molecule has 1 aliphatic rings. The Balaban J connectivity index is 2.38. The molecule has 1 amide bonds. The van der Waals surface area contributed by atoms with Crippen molar-refractivity contribution in [3.63, 3.8) is 0 Å². The van der Waals surface area contributed by atoms with Crippen molar-refractivity contribution in [2.24, 2.45) is 0 Å². The molecule has 1 aliphatic heterocycles. The van der Waals surface area contributed by atoms with Gasteiger partial charge in [-0.15, -0.1) is 11.6 Å². The molecule has 0 saturated carbocycles. The highest BCUT2D eigenvalue weighted by atomic mass is 35.5. The van der Waals surface area contributed by atoms with Gasteiger partial charge in [-0.2, -0.15) is 0 Å². The van der Waals surface area contributed by atoms with E-state index in [1.165, 1.54) is 0 Å². The summed E-state index contributed by atoms with van der Waals surface area (Å²) in [7, 11) is 0. The number of aliphatic hydroxyl groups is 1. The van der Waals surface area contributed by atoms with Crippen LogP contribution < -0.4 is 5.32 Å². The second-order valence-electron chi connectivity index (χ2n) is 4.07. The number of halogens is 1. The number of benzene rings is 1. The first kappa shape index (κ1) is 12.4. The zero-order valence-corrected chi connectivity index (χ0v) is 10.0. The SMILES string of the molecule is O=C(CCl)NC1(CO)COCc2ccccc21. The molecule has 17 heavy (non-hydrogen) atoms. The van der Waals surface area contributed by atoms with Gasteiger partial charge in [0.15, 0.2) is 0 Å². The average Bonchev–Trinajstić information content (AvgIpc) is 2.39. The largest absolute Gasteiger partial charge is 0.393 e. The van der Waals surface area contributed by atoms with Crippen LogP contribution in [0.25, 0.3) is 0 Å². The highest BCUT2D eigenvalue weighted by Crippen LogP contribution is 2.30. The van der Waals surface area contributed by atoms with E-state index in [1.807, 2.05) is 24.3 Å². The van der Waals surface area contributed by atoms with Crippen LogP contribution >= 0.6 is 11.6 Å². The maximum atomic E-state index is 11.4. The number of alkyl halides is 1. The lowest BCUT2D eigenvalue weighted by Gasteiger charge is -2.38. The van der Waals surface area contributed by atoms with Crippen molar-refractivity contribution in [2.45, 2.75) is 12.1 Å². The molecule has 2 N–H and O–H groups in total. The minimum Gasteiger partial charge on any atom is -0.393 e. The third-order valence-electron chi connectivity index (χ3n) is 2.91. The van der Waals surface area contributed by atoms with E-state index in [0.29, 0.717) is 6.61 Å². The van der Waals surface area contributed by atoms with Crippen LogP contribution in [0, 0.1) is 0 Å². The highest BCUT2D eigenvalue weighted by molar-refractivity contribution is 6.27. The van der Waals surface area contributed by atoms with Crippen LogP contribution in [-0.2, 0) is 21.7 Å².